The number of benzene rings is 2. The average molecular weight is 312 g/mol. The summed E-state index contributed by atoms with van der Waals surface area (Å²) in [4.78, 5) is 12.5. The number of rotatable bonds is 4. The summed E-state index contributed by atoms with van der Waals surface area (Å²) in [5.74, 6) is 0.0960. The standard InChI is InChI=1S/C19H21FN2O/c1-13-10-14(6-7-18(13)20)11-22-19(23)17-5-3-2-4-16(17)15-8-9-21-12-15/h2-7,10,15,21H,8-9,11-12H2,1H3,(H,22,23). The molecule has 2 aromatic carbocycles. The van der Waals surface area contributed by atoms with E-state index in [0.29, 0.717) is 18.0 Å². The number of carbonyl (C=O) groups is 1. The minimum atomic E-state index is -0.223. The zero-order valence-corrected chi connectivity index (χ0v) is 13.2. The second-order valence-electron chi connectivity index (χ2n) is 6.04. The Balaban J connectivity index is 1.72. The zero-order chi connectivity index (χ0) is 16.2. The fourth-order valence-electron chi connectivity index (χ4n) is 3.07. The van der Waals surface area contributed by atoms with Crippen LogP contribution >= 0.6 is 0 Å². The lowest BCUT2D eigenvalue weighted by atomic mass is 9.93. The summed E-state index contributed by atoms with van der Waals surface area (Å²) in [6.07, 6.45) is 1.06. The topological polar surface area (TPSA) is 41.1 Å². The lowest BCUT2D eigenvalue weighted by molar-refractivity contribution is 0.0949. The van der Waals surface area contributed by atoms with Gasteiger partial charge < -0.3 is 10.6 Å². The van der Waals surface area contributed by atoms with Gasteiger partial charge in [0, 0.05) is 18.7 Å². The van der Waals surface area contributed by atoms with Crippen LogP contribution < -0.4 is 10.6 Å². The first-order valence-corrected chi connectivity index (χ1v) is 7.98. The summed E-state index contributed by atoms with van der Waals surface area (Å²) >= 11 is 0. The first-order valence-electron chi connectivity index (χ1n) is 7.98. The van der Waals surface area contributed by atoms with E-state index in [4.69, 9.17) is 0 Å². The van der Waals surface area contributed by atoms with Gasteiger partial charge in [-0.2, -0.15) is 0 Å². The van der Waals surface area contributed by atoms with Crippen LogP contribution in [0.25, 0.3) is 0 Å². The van der Waals surface area contributed by atoms with Crippen molar-refractivity contribution in [3.63, 3.8) is 0 Å². The highest BCUT2D eigenvalue weighted by Crippen LogP contribution is 2.25. The third-order valence-electron chi connectivity index (χ3n) is 4.38. The van der Waals surface area contributed by atoms with Crippen molar-refractivity contribution < 1.29 is 9.18 Å². The molecule has 0 aliphatic carbocycles. The highest BCUT2D eigenvalue weighted by atomic mass is 19.1. The molecule has 1 unspecified atom stereocenters. The Morgan fingerprint density at radius 2 is 2.13 bits per heavy atom. The molecular weight excluding hydrogens is 291 g/mol. The Hall–Kier alpha value is -2.20. The largest absolute Gasteiger partial charge is 0.348 e. The second-order valence-corrected chi connectivity index (χ2v) is 6.04. The Bertz CT molecular complexity index is 708. The highest BCUT2D eigenvalue weighted by Gasteiger charge is 2.21. The van der Waals surface area contributed by atoms with E-state index in [-0.39, 0.29) is 11.7 Å². The molecule has 1 fully saturated rings. The quantitative estimate of drug-likeness (QED) is 0.910. The Kier molecular flexibility index (Phi) is 4.72. The maximum Gasteiger partial charge on any atom is 0.251 e. The van der Waals surface area contributed by atoms with Gasteiger partial charge >= 0.3 is 0 Å². The molecule has 0 aromatic heterocycles. The molecule has 0 bridgehead atoms. The predicted octanol–water partition coefficient (Wildman–Crippen LogP) is 3.14. The third-order valence-corrected chi connectivity index (χ3v) is 4.38. The minimum absolute atomic E-state index is 0.0746. The van der Waals surface area contributed by atoms with E-state index < -0.39 is 0 Å². The summed E-state index contributed by atoms with van der Waals surface area (Å²) in [7, 11) is 0. The van der Waals surface area contributed by atoms with Crippen molar-refractivity contribution in [2.24, 2.45) is 0 Å². The molecular formula is C19H21FN2O. The Morgan fingerprint density at radius 1 is 1.30 bits per heavy atom. The third kappa shape index (κ3) is 3.59. The van der Waals surface area contributed by atoms with Crippen LogP contribution in [0.3, 0.4) is 0 Å². The Morgan fingerprint density at radius 3 is 2.87 bits per heavy atom. The van der Waals surface area contributed by atoms with E-state index in [2.05, 4.69) is 10.6 Å². The number of aryl methyl sites for hydroxylation is 1. The van der Waals surface area contributed by atoms with E-state index in [9.17, 15) is 9.18 Å². The van der Waals surface area contributed by atoms with Gasteiger partial charge in [0.15, 0.2) is 0 Å². The van der Waals surface area contributed by atoms with Crippen LogP contribution in [-0.4, -0.2) is 19.0 Å². The van der Waals surface area contributed by atoms with Crippen LogP contribution in [-0.2, 0) is 6.54 Å². The predicted molar refractivity (Wildman–Crippen MR) is 89.0 cm³/mol. The fraction of sp³-hybridized carbons (Fsp3) is 0.316. The highest BCUT2D eigenvalue weighted by molar-refractivity contribution is 5.95. The van der Waals surface area contributed by atoms with Gasteiger partial charge in [0.2, 0.25) is 0 Å². The van der Waals surface area contributed by atoms with Crippen molar-refractivity contribution in [2.75, 3.05) is 13.1 Å². The van der Waals surface area contributed by atoms with Crippen molar-refractivity contribution in [2.45, 2.75) is 25.8 Å². The van der Waals surface area contributed by atoms with E-state index in [1.807, 2.05) is 24.3 Å². The summed E-state index contributed by atoms with van der Waals surface area (Å²) in [5, 5.41) is 6.28. The number of amides is 1. The number of nitrogens with one attached hydrogen (secondary N) is 2. The van der Waals surface area contributed by atoms with E-state index >= 15 is 0 Å². The molecule has 2 N–H and O–H groups in total. The number of halogens is 1. The van der Waals surface area contributed by atoms with E-state index in [1.54, 1.807) is 19.1 Å². The Labute approximate surface area is 135 Å². The van der Waals surface area contributed by atoms with Crippen LogP contribution in [0.4, 0.5) is 4.39 Å². The molecule has 1 saturated heterocycles. The summed E-state index contributed by atoms with van der Waals surface area (Å²) in [6.45, 7) is 4.04. The first kappa shape index (κ1) is 15.7. The average Bonchev–Trinajstić information content (AvgIpc) is 3.10. The van der Waals surface area contributed by atoms with Crippen LogP contribution in [0.2, 0.25) is 0 Å². The van der Waals surface area contributed by atoms with Crippen LogP contribution in [0.1, 0.15) is 39.4 Å². The molecule has 120 valence electrons. The summed E-state index contributed by atoms with van der Waals surface area (Å²) in [5.41, 5.74) is 3.33. The molecule has 1 aliphatic heterocycles. The SMILES string of the molecule is Cc1cc(CNC(=O)c2ccccc2C2CCNC2)ccc1F. The van der Waals surface area contributed by atoms with Gasteiger partial charge in [0.25, 0.3) is 5.91 Å². The number of carbonyl (C=O) groups excluding carboxylic acids is 1. The van der Waals surface area contributed by atoms with Crippen molar-refractivity contribution >= 4 is 5.91 Å². The van der Waals surface area contributed by atoms with Gasteiger partial charge in [-0.1, -0.05) is 30.3 Å². The van der Waals surface area contributed by atoms with Crippen molar-refractivity contribution in [1.82, 2.24) is 10.6 Å². The van der Waals surface area contributed by atoms with E-state index in [0.717, 1.165) is 36.2 Å². The van der Waals surface area contributed by atoms with Gasteiger partial charge in [0.1, 0.15) is 5.82 Å². The normalized spacial score (nSPS) is 17.2. The van der Waals surface area contributed by atoms with Crippen molar-refractivity contribution in [3.05, 3.63) is 70.5 Å². The molecule has 0 radical (unpaired) electrons. The van der Waals surface area contributed by atoms with Crippen LogP contribution in [0.5, 0.6) is 0 Å². The molecule has 0 spiro atoms. The smallest absolute Gasteiger partial charge is 0.251 e. The molecule has 3 rings (SSSR count). The molecule has 1 heterocycles. The molecule has 4 heteroatoms. The molecule has 23 heavy (non-hydrogen) atoms. The van der Waals surface area contributed by atoms with E-state index in [1.165, 1.54) is 6.07 Å². The molecule has 1 aliphatic rings. The van der Waals surface area contributed by atoms with Crippen LogP contribution in [0, 0.1) is 12.7 Å². The van der Waals surface area contributed by atoms with Gasteiger partial charge in [-0.3, -0.25) is 4.79 Å². The van der Waals surface area contributed by atoms with Gasteiger partial charge in [0.05, 0.1) is 0 Å². The van der Waals surface area contributed by atoms with Gasteiger partial charge in [-0.05, 0) is 54.6 Å². The molecule has 2 aromatic rings. The number of hydrogen-bond donors (Lipinski definition) is 2. The maximum absolute atomic E-state index is 13.3. The first-order chi connectivity index (χ1) is 11.1. The maximum atomic E-state index is 13.3. The summed E-state index contributed by atoms with van der Waals surface area (Å²) in [6, 6.07) is 12.7. The second kappa shape index (κ2) is 6.92. The lowest BCUT2D eigenvalue weighted by Crippen LogP contribution is -2.25. The molecule has 3 nitrogen and oxygen atoms in total. The van der Waals surface area contributed by atoms with Crippen molar-refractivity contribution in [1.29, 1.82) is 0 Å². The fourth-order valence-corrected chi connectivity index (χ4v) is 3.07. The summed E-state index contributed by atoms with van der Waals surface area (Å²) < 4.78 is 13.3. The van der Waals surface area contributed by atoms with Crippen LogP contribution in [0.15, 0.2) is 42.5 Å². The molecule has 0 saturated carbocycles. The van der Waals surface area contributed by atoms with Crippen molar-refractivity contribution in [3.8, 4) is 0 Å². The molecule has 1 atom stereocenters. The lowest BCUT2D eigenvalue weighted by Gasteiger charge is -2.15. The monoisotopic (exact) mass is 312 g/mol. The number of hydrogen-bond acceptors (Lipinski definition) is 2. The molecule has 1 amide bonds. The van der Waals surface area contributed by atoms with Gasteiger partial charge in [-0.25, -0.2) is 4.39 Å². The minimum Gasteiger partial charge on any atom is -0.348 e. The van der Waals surface area contributed by atoms with Gasteiger partial charge in [-0.15, -0.1) is 0 Å². The zero-order valence-electron chi connectivity index (χ0n) is 13.2.